The van der Waals surface area contributed by atoms with Gasteiger partial charge in [-0.2, -0.15) is 4.98 Å². The summed E-state index contributed by atoms with van der Waals surface area (Å²) in [5, 5.41) is -0.791. The SMILES string of the molecule is C=CC(=O)N1CCN(c2nc(=O)n(-c3cnccc3S(=O)(=O)C(C)C)c3nc(-c4c(N)cccc4F)c(F)cc23)[C@@H](C)C1. The molecule has 1 amide bonds. The van der Waals surface area contributed by atoms with Crippen LogP contribution >= 0.6 is 0 Å². The predicted octanol–water partition coefficient (Wildman–Crippen LogP) is 3.11. The van der Waals surface area contributed by atoms with E-state index in [-0.39, 0.29) is 70.3 Å². The van der Waals surface area contributed by atoms with Gasteiger partial charge >= 0.3 is 5.69 Å². The van der Waals surface area contributed by atoms with Gasteiger partial charge in [0.05, 0.1) is 33.0 Å². The third-order valence-corrected chi connectivity index (χ3v) is 9.60. The first-order valence-electron chi connectivity index (χ1n) is 13.4. The first kappa shape index (κ1) is 29.8. The topological polar surface area (TPSA) is 144 Å². The van der Waals surface area contributed by atoms with Crippen molar-refractivity contribution in [1.29, 1.82) is 0 Å². The van der Waals surface area contributed by atoms with Gasteiger partial charge in [-0.05, 0) is 51.1 Å². The number of piperazine rings is 1. The van der Waals surface area contributed by atoms with Gasteiger partial charge in [-0.25, -0.2) is 31.5 Å². The number of sulfone groups is 1. The zero-order valence-electron chi connectivity index (χ0n) is 23.7. The Kier molecular flexibility index (Phi) is 7.73. The van der Waals surface area contributed by atoms with Crippen molar-refractivity contribution in [2.75, 3.05) is 30.3 Å². The molecule has 5 rings (SSSR count). The summed E-state index contributed by atoms with van der Waals surface area (Å²) in [6.45, 7) is 9.12. The lowest BCUT2D eigenvalue weighted by atomic mass is 10.1. The second-order valence-corrected chi connectivity index (χ2v) is 12.9. The van der Waals surface area contributed by atoms with Gasteiger partial charge < -0.3 is 15.5 Å². The fourth-order valence-corrected chi connectivity index (χ4v) is 6.34. The molecule has 1 aromatic carbocycles. The van der Waals surface area contributed by atoms with E-state index >= 15 is 4.39 Å². The second kappa shape index (κ2) is 11.2. The number of rotatable bonds is 6. The van der Waals surface area contributed by atoms with E-state index in [2.05, 4.69) is 21.5 Å². The van der Waals surface area contributed by atoms with E-state index in [0.29, 0.717) is 0 Å². The Morgan fingerprint density at radius 2 is 1.91 bits per heavy atom. The third kappa shape index (κ3) is 5.11. The summed E-state index contributed by atoms with van der Waals surface area (Å²) in [6.07, 6.45) is 3.67. The van der Waals surface area contributed by atoms with Gasteiger partial charge in [-0.15, -0.1) is 0 Å². The van der Waals surface area contributed by atoms with Crippen LogP contribution in [0.5, 0.6) is 0 Å². The van der Waals surface area contributed by atoms with Crippen LogP contribution in [0.2, 0.25) is 0 Å². The molecule has 1 aliphatic rings. The number of carbonyl (C=O) groups is 1. The number of aromatic nitrogens is 4. The van der Waals surface area contributed by atoms with Gasteiger partial charge in [0.1, 0.15) is 17.3 Å². The molecule has 4 heterocycles. The Balaban J connectivity index is 1.84. The van der Waals surface area contributed by atoms with Crippen LogP contribution in [-0.2, 0) is 14.6 Å². The molecule has 11 nitrogen and oxygen atoms in total. The van der Waals surface area contributed by atoms with Gasteiger partial charge in [-0.1, -0.05) is 12.6 Å². The number of nitrogens with two attached hydrogens (primary N) is 1. The van der Waals surface area contributed by atoms with Crippen molar-refractivity contribution < 1.29 is 22.0 Å². The van der Waals surface area contributed by atoms with Crippen LogP contribution in [0.3, 0.4) is 0 Å². The Labute approximate surface area is 246 Å². The van der Waals surface area contributed by atoms with Crippen LogP contribution in [0.4, 0.5) is 20.3 Å². The van der Waals surface area contributed by atoms with Gasteiger partial charge in [0.2, 0.25) is 5.91 Å². The molecule has 1 atom stereocenters. The van der Waals surface area contributed by atoms with Crippen molar-refractivity contribution in [2.24, 2.45) is 0 Å². The average Bonchev–Trinajstić information content (AvgIpc) is 2.96. The summed E-state index contributed by atoms with van der Waals surface area (Å²) < 4.78 is 58.4. The van der Waals surface area contributed by atoms with Crippen molar-refractivity contribution >= 4 is 38.3 Å². The summed E-state index contributed by atoms with van der Waals surface area (Å²) in [7, 11) is -3.95. The second-order valence-electron chi connectivity index (χ2n) is 10.4. The quantitative estimate of drug-likeness (QED) is 0.258. The molecule has 2 N–H and O–H groups in total. The molecular formula is C29H29F2N7O4S. The first-order chi connectivity index (χ1) is 20.4. The number of carbonyl (C=O) groups excluding carboxylic acids is 1. The van der Waals surface area contributed by atoms with E-state index in [1.165, 1.54) is 50.5 Å². The van der Waals surface area contributed by atoms with Gasteiger partial charge in [0.25, 0.3) is 0 Å². The lowest BCUT2D eigenvalue weighted by Gasteiger charge is -2.40. The number of nitrogen functional groups attached to an aromatic ring is 1. The molecule has 4 aromatic rings. The molecule has 0 aliphatic carbocycles. The smallest absolute Gasteiger partial charge is 0.355 e. The van der Waals surface area contributed by atoms with Gasteiger partial charge in [0, 0.05) is 37.6 Å². The van der Waals surface area contributed by atoms with E-state index in [9.17, 15) is 22.4 Å². The molecule has 0 unspecified atom stereocenters. The molecule has 3 aromatic heterocycles. The minimum Gasteiger partial charge on any atom is -0.398 e. The maximum absolute atomic E-state index is 15.8. The molecule has 14 heteroatoms. The summed E-state index contributed by atoms with van der Waals surface area (Å²) >= 11 is 0. The molecule has 43 heavy (non-hydrogen) atoms. The van der Waals surface area contributed by atoms with E-state index < -0.39 is 38.1 Å². The molecule has 0 spiro atoms. The molecule has 1 aliphatic heterocycles. The molecule has 0 bridgehead atoms. The van der Waals surface area contributed by atoms with Crippen LogP contribution in [0.25, 0.3) is 28.0 Å². The summed E-state index contributed by atoms with van der Waals surface area (Å²) in [5.74, 6) is -1.96. The van der Waals surface area contributed by atoms with Crippen molar-refractivity contribution in [1.82, 2.24) is 24.4 Å². The largest absolute Gasteiger partial charge is 0.398 e. The van der Waals surface area contributed by atoms with Gasteiger partial charge in [-0.3, -0.25) is 9.78 Å². The molecule has 0 radical (unpaired) electrons. The summed E-state index contributed by atoms with van der Waals surface area (Å²) in [4.78, 5) is 41.9. The fourth-order valence-electron chi connectivity index (χ4n) is 5.14. The molecule has 1 saturated heterocycles. The lowest BCUT2D eigenvalue weighted by molar-refractivity contribution is -0.126. The number of pyridine rings is 2. The standard InChI is InChI=1S/C29H29F2N7O4S/c1-5-24(39)36-11-12-37(17(4)15-36)27-18-13-20(31)26(25-19(30)7-6-8-21(25)32)34-28(18)38(29(40)35-27)22-14-33-10-9-23(22)43(41,42)16(2)3/h5-10,13-14,16-17H,1,11-12,15,32H2,2-4H3/t17-/m0/s1. The van der Waals surface area contributed by atoms with Crippen molar-refractivity contribution in [3.05, 3.63) is 77.5 Å². The molecular weight excluding hydrogens is 580 g/mol. The Morgan fingerprint density at radius 3 is 2.56 bits per heavy atom. The Bertz CT molecular complexity index is 1930. The van der Waals surface area contributed by atoms with Crippen molar-refractivity contribution in [3.63, 3.8) is 0 Å². The molecule has 224 valence electrons. The number of fused-ring (bicyclic) bond motifs is 1. The highest BCUT2D eigenvalue weighted by atomic mass is 32.2. The number of anilines is 2. The number of nitrogens with zero attached hydrogens (tertiary/aromatic N) is 6. The van der Waals surface area contributed by atoms with E-state index in [1.807, 2.05) is 6.92 Å². The number of hydrogen-bond acceptors (Lipinski definition) is 9. The fraction of sp³-hybridized carbons (Fsp3) is 0.276. The zero-order valence-corrected chi connectivity index (χ0v) is 24.5. The minimum atomic E-state index is -3.95. The highest BCUT2D eigenvalue weighted by Crippen LogP contribution is 2.35. The van der Waals surface area contributed by atoms with E-state index in [0.717, 1.165) is 16.7 Å². The highest BCUT2D eigenvalue weighted by Gasteiger charge is 2.32. The molecule has 0 saturated carbocycles. The molecule has 1 fully saturated rings. The normalized spacial score (nSPS) is 15.7. The Morgan fingerprint density at radius 1 is 1.16 bits per heavy atom. The summed E-state index contributed by atoms with van der Waals surface area (Å²) in [6, 6.07) is 5.82. The highest BCUT2D eigenvalue weighted by molar-refractivity contribution is 7.92. The number of benzene rings is 1. The Hall–Kier alpha value is -4.72. The van der Waals surface area contributed by atoms with Crippen molar-refractivity contribution in [2.45, 2.75) is 37.0 Å². The monoisotopic (exact) mass is 609 g/mol. The minimum absolute atomic E-state index is 0.0582. The lowest BCUT2D eigenvalue weighted by Crippen LogP contribution is -2.54. The van der Waals surface area contributed by atoms with Crippen LogP contribution < -0.4 is 16.3 Å². The van der Waals surface area contributed by atoms with Crippen LogP contribution in [0.15, 0.2) is 65.1 Å². The average molecular weight is 610 g/mol. The maximum Gasteiger partial charge on any atom is 0.355 e. The first-order valence-corrected chi connectivity index (χ1v) is 14.9. The number of amides is 1. The van der Waals surface area contributed by atoms with Crippen LogP contribution in [-0.4, -0.2) is 69.7 Å². The third-order valence-electron chi connectivity index (χ3n) is 7.40. The summed E-state index contributed by atoms with van der Waals surface area (Å²) in [5.41, 5.74) is 3.89. The van der Waals surface area contributed by atoms with E-state index in [4.69, 9.17) is 5.73 Å². The van der Waals surface area contributed by atoms with Gasteiger partial charge in [0.15, 0.2) is 21.3 Å². The number of halogens is 2. The van der Waals surface area contributed by atoms with Crippen molar-refractivity contribution in [3.8, 4) is 16.9 Å². The zero-order chi connectivity index (χ0) is 31.2. The number of hydrogen-bond donors (Lipinski definition) is 1. The van der Waals surface area contributed by atoms with Crippen LogP contribution in [0, 0.1) is 11.6 Å². The maximum atomic E-state index is 15.8. The predicted molar refractivity (Wildman–Crippen MR) is 159 cm³/mol. The van der Waals surface area contributed by atoms with E-state index in [1.54, 1.807) is 9.80 Å². The van der Waals surface area contributed by atoms with Crippen LogP contribution in [0.1, 0.15) is 20.8 Å².